The van der Waals surface area contributed by atoms with E-state index in [-0.39, 0.29) is 17.4 Å². The predicted octanol–water partition coefficient (Wildman–Crippen LogP) is 1.49. The number of hydrogen-bond acceptors (Lipinski definition) is 3. The highest BCUT2D eigenvalue weighted by Crippen LogP contribution is 2.21. The van der Waals surface area contributed by atoms with Crippen LogP contribution in [0.3, 0.4) is 0 Å². The summed E-state index contributed by atoms with van der Waals surface area (Å²) in [7, 11) is 1.75. The SMILES string of the molecule is CSN(C)C(=O)C(N)CC(C)(C)C. The second kappa shape index (κ2) is 4.86. The third-order valence-electron chi connectivity index (χ3n) is 1.73. The van der Waals surface area contributed by atoms with E-state index in [0.29, 0.717) is 0 Å². The van der Waals surface area contributed by atoms with Gasteiger partial charge in [0.05, 0.1) is 6.04 Å². The molecule has 0 aromatic rings. The van der Waals surface area contributed by atoms with Gasteiger partial charge in [-0.15, -0.1) is 0 Å². The van der Waals surface area contributed by atoms with Gasteiger partial charge in [-0.3, -0.25) is 9.10 Å². The number of nitrogens with two attached hydrogens (primary N) is 1. The molecular weight excluding hydrogens is 184 g/mol. The first-order chi connectivity index (χ1) is 5.78. The fraction of sp³-hybridized carbons (Fsp3) is 0.889. The lowest BCUT2D eigenvalue weighted by atomic mass is 9.88. The van der Waals surface area contributed by atoms with Crippen LogP contribution in [0.2, 0.25) is 0 Å². The predicted molar refractivity (Wildman–Crippen MR) is 58.3 cm³/mol. The molecule has 2 N–H and O–H groups in total. The Bertz CT molecular complexity index is 177. The smallest absolute Gasteiger partial charge is 0.249 e. The van der Waals surface area contributed by atoms with E-state index in [4.69, 9.17) is 5.73 Å². The summed E-state index contributed by atoms with van der Waals surface area (Å²) in [6, 6.07) is -0.377. The molecule has 1 unspecified atom stereocenters. The van der Waals surface area contributed by atoms with E-state index in [0.717, 1.165) is 6.42 Å². The van der Waals surface area contributed by atoms with E-state index >= 15 is 0 Å². The van der Waals surface area contributed by atoms with Gasteiger partial charge in [0.2, 0.25) is 5.91 Å². The molecule has 0 heterocycles. The number of carbonyl (C=O) groups excluding carboxylic acids is 1. The van der Waals surface area contributed by atoms with Crippen LogP contribution >= 0.6 is 11.9 Å². The maximum Gasteiger partial charge on any atom is 0.249 e. The van der Waals surface area contributed by atoms with E-state index < -0.39 is 0 Å². The van der Waals surface area contributed by atoms with Crippen LogP contribution in [0.25, 0.3) is 0 Å². The van der Waals surface area contributed by atoms with Crippen LogP contribution in [0.15, 0.2) is 0 Å². The second-order valence-electron chi connectivity index (χ2n) is 4.39. The molecule has 4 heteroatoms. The fourth-order valence-electron chi connectivity index (χ4n) is 1.07. The molecule has 0 saturated carbocycles. The van der Waals surface area contributed by atoms with Crippen LogP contribution in [-0.4, -0.2) is 29.6 Å². The van der Waals surface area contributed by atoms with Crippen molar-refractivity contribution in [3.63, 3.8) is 0 Å². The molecule has 0 radical (unpaired) electrons. The molecule has 0 bridgehead atoms. The Kier molecular flexibility index (Phi) is 4.78. The average molecular weight is 204 g/mol. The highest BCUT2D eigenvalue weighted by Gasteiger charge is 2.23. The van der Waals surface area contributed by atoms with Crippen LogP contribution < -0.4 is 5.73 Å². The molecule has 0 rings (SSSR count). The van der Waals surface area contributed by atoms with Crippen LogP contribution in [-0.2, 0) is 4.79 Å². The molecule has 0 saturated heterocycles. The normalized spacial score (nSPS) is 14.0. The van der Waals surface area contributed by atoms with E-state index in [1.807, 2.05) is 6.26 Å². The van der Waals surface area contributed by atoms with Gasteiger partial charge in [0.25, 0.3) is 0 Å². The summed E-state index contributed by atoms with van der Waals surface area (Å²) < 4.78 is 1.58. The summed E-state index contributed by atoms with van der Waals surface area (Å²) in [6.45, 7) is 6.25. The first-order valence-electron chi connectivity index (χ1n) is 4.35. The van der Waals surface area contributed by atoms with Crippen molar-refractivity contribution in [2.75, 3.05) is 13.3 Å². The Hall–Kier alpha value is -0.220. The monoisotopic (exact) mass is 204 g/mol. The first kappa shape index (κ1) is 12.8. The number of amides is 1. The van der Waals surface area contributed by atoms with Crippen molar-refractivity contribution in [2.45, 2.75) is 33.2 Å². The van der Waals surface area contributed by atoms with Gasteiger partial charge in [0.1, 0.15) is 0 Å². The van der Waals surface area contributed by atoms with Crippen LogP contribution in [0.1, 0.15) is 27.2 Å². The molecule has 78 valence electrons. The van der Waals surface area contributed by atoms with Crippen molar-refractivity contribution in [2.24, 2.45) is 11.1 Å². The molecule has 0 aliphatic carbocycles. The summed E-state index contributed by atoms with van der Waals surface area (Å²) in [5.41, 5.74) is 5.88. The Labute approximate surface area is 85.2 Å². The van der Waals surface area contributed by atoms with Gasteiger partial charge in [-0.25, -0.2) is 0 Å². The third-order valence-corrected chi connectivity index (χ3v) is 2.46. The fourth-order valence-corrected chi connectivity index (χ4v) is 1.39. The van der Waals surface area contributed by atoms with Crippen molar-refractivity contribution in [3.8, 4) is 0 Å². The molecule has 0 aromatic carbocycles. The van der Waals surface area contributed by atoms with Crippen molar-refractivity contribution < 1.29 is 4.79 Å². The summed E-state index contributed by atoms with van der Waals surface area (Å²) in [4.78, 5) is 11.5. The topological polar surface area (TPSA) is 46.3 Å². The lowest BCUT2D eigenvalue weighted by Gasteiger charge is -2.25. The van der Waals surface area contributed by atoms with Gasteiger partial charge < -0.3 is 5.73 Å². The Morgan fingerprint density at radius 2 is 2.00 bits per heavy atom. The number of hydrogen-bond donors (Lipinski definition) is 1. The summed E-state index contributed by atoms with van der Waals surface area (Å²) >= 11 is 1.39. The Morgan fingerprint density at radius 1 is 1.54 bits per heavy atom. The van der Waals surface area contributed by atoms with E-state index in [1.165, 1.54) is 11.9 Å². The molecule has 0 aliphatic heterocycles. The number of likely N-dealkylation sites (N-methyl/N-ethyl adjacent to an activating group) is 1. The summed E-state index contributed by atoms with van der Waals surface area (Å²) in [6.07, 6.45) is 2.58. The van der Waals surface area contributed by atoms with Gasteiger partial charge in [-0.2, -0.15) is 0 Å². The van der Waals surface area contributed by atoms with Gasteiger partial charge >= 0.3 is 0 Å². The maximum absolute atomic E-state index is 11.5. The molecule has 13 heavy (non-hydrogen) atoms. The Balaban J connectivity index is 4.12. The van der Waals surface area contributed by atoms with Gasteiger partial charge in [-0.1, -0.05) is 32.7 Å². The molecule has 3 nitrogen and oxygen atoms in total. The highest BCUT2D eigenvalue weighted by molar-refractivity contribution is 7.96. The highest BCUT2D eigenvalue weighted by atomic mass is 32.2. The van der Waals surface area contributed by atoms with Crippen LogP contribution in [0, 0.1) is 5.41 Å². The van der Waals surface area contributed by atoms with E-state index in [9.17, 15) is 4.79 Å². The number of carbonyl (C=O) groups is 1. The van der Waals surface area contributed by atoms with Crippen LogP contribution in [0.5, 0.6) is 0 Å². The zero-order valence-electron chi connectivity index (χ0n) is 9.13. The molecule has 0 spiro atoms. The minimum atomic E-state index is -0.377. The Morgan fingerprint density at radius 3 is 2.31 bits per heavy atom. The third kappa shape index (κ3) is 5.16. The van der Waals surface area contributed by atoms with Gasteiger partial charge in [0, 0.05) is 13.3 Å². The zero-order chi connectivity index (χ0) is 10.6. The second-order valence-corrected chi connectivity index (χ2v) is 5.30. The molecule has 1 amide bonds. The molecule has 0 fully saturated rings. The van der Waals surface area contributed by atoms with E-state index in [1.54, 1.807) is 11.4 Å². The van der Waals surface area contributed by atoms with Crippen molar-refractivity contribution in [1.29, 1.82) is 0 Å². The van der Waals surface area contributed by atoms with Crippen LogP contribution in [0.4, 0.5) is 0 Å². The van der Waals surface area contributed by atoms with Crippen molar-refractivity contribution >= 4 is 17.9 Å². The number of nitrogens with zero attached hydrogens (tertiary/aromatic N) is 1. The lowest BCUT2D eigenvalue weighted by Crippen LogP contribution is -2.40. The molecular formula is C9H20N2OS. The largest absolute Gasteiger partial charge is 0.320 e. The maximum atomic E-state index is 11.5. The first-order valence-corrected chi connectivity index (χ1v) is 5.53. The molecule has 1 atom stereocenters. The van der Waals surface area contributed by atoms with Gasteiger partial charge in [0.15, 0.2) is 0 Å². The zero-order valence-corrected chi connectivity index (χ0v) is 9.94. The minimum Gasteiger partial charge on any atom is -0.320 e. The summed E-state index contributed by atoms with van der Waals surface area (Å²) in [5.74, 6) is 0.00225. The molecule has 0 aromatic heterocycles. The summed E-state index contributed by atoms with van der Waals surface area (Å²) in [5, 5.41) is 0. The van der Waals surface area contributed by atoms with E-state index in [2.05, 4.69) is 20.8 Å². The van der Waals surface area contributed by atoms with Crippen molar-refractivity contribution in [1.82, 2.24) is 4.31 Å². The average Bonchev–Trinajstić information content (AvgIpc) is 1.98. The van der Waals surface area contributed by atoms with Gasteiger partial charge in [-0.05, 0) is 11.8 Å². The minimum absolute atomic E-state index is 0.00225. The lowest BCUT2D eigenvalue weighted by molar-refractivity contribution is -0.127. The molecule has 0 aliphatic rings. The number of rotatable bonds is 3. The van der Waals surface area contributed by atoms with Crippen molar-refractivity contribution in [3.05, 3.63) is 0 Å². The quantitative estimate of drug-likeness (QED) is 0.708. The standard InChI is InChI=1S/C9H20N2OS/c1-9(2,3)6-7(10)8(12)11(4)13-5/h7H,6,10H2,1-5H3.